The standard InChI is InChI=1S/C51H34N2O/c1-3-12-35(13-4-1)36-22-28-41(29-23-36)53(42-30-24-37(25-31-42)44-18-11-19-46-45-17-8-10-21-49(45)54-51(44)46)43-32-26-38(27-33-43)47-34-40-16-7-9-20-48(40)52-50(47)39-14-5-2-6-15-39/h1-34H. The van der Waals surface area contributed by atoms with E-state index in [1.165, 1.54) is 11.1 Å². The highest BCUT2D eigenvalue weighted by atomic mass is 16.3. The number of pyridine rings is 1. The number of nitrogens with zero attached hydrogens (tertiary/aromatic N) is 2. The van der Waals surface area contributed by atoms with Gasteiger partial charge >= 0.3 is 0 Å². The number of benzene rings is 8. The van der Waals surface area contributed by atoms with Crippen LogP contribution in [-0.4, -0.2) is 4.98 Å². The maximum atomic E-state index is 6.40. The topological polar surface area (TPSA) is 29.3 Å². The average molecular weight is 691 g/mol. The first-order chi connectivity index (χ1) is 26.8. The maximum Gasteiger partial charge on any atom is 0.143 e. The molecule has 2 aromatic heterocycles. The Balaban J connectivity index is 1.06. The largest absolute Gasteiger partial charge is 0.455 e. The fraction of sp³-hybridized carbons (Fsp3) is 0. The highest BCUT2D eigenvalue weighted by Crippen LogP contribution is 2.41. The highest BCUT2D eigenvalue weighted by molar-refractivity contribution is 6.09. The number of hydrogen-bond acceptors (Lipinski definition) is 3. The van der Waals surface area contributed by atoms with Gasteiger partial charge in [0.1, 0.15) is 11.2 Å². The predicted molar refractivity (Wildman–Crippen MR) is 225 cm³/mol. The molecule has 0 atom stereocenters. The van der Waals surface area contributed by atoms with Crippen LogP contribution in [0.3, 0.4) is 0 Å². The summed E-state index contributed by atoms with van der Waals surface area (Å²) in [7, 11) is 0. The molecule has 0 N–H and O–H groups in total. The van der Waals surface area contributed by atoms with Crippen LogP contribution >= 0.6 is 0 Å². The monoisotopic (exact) mass is 690 g/mol. The Kier molecular flexibility index (Phi) is 7.81. The summed E-state index contributed by atoms with van der Waals surface area (Å²) in [5.74, 6) is 0. The smallest absolute Gasteiger partial charge is 0.143 e. The number of furan rings is 1. The van der Waals surface area contributed by atoms with Crippen LogP contribution in [-0.2, 0) is 0 Å². The molecular formula is C51H34N2O. The number of aromatic nitrogens is 1. The number of rotatable bonds is 7. The maximum absolute atomic E-state index is 6.40. The third kappa shape index (κ3) is 5.69. The van der Waals surface area contributed by atoms with Gasteiger partial charge in [-0.25, -0.2) is 4.98 Å². The molecule has 3 nitrogen and oxygen atoms in total. The van der Waals surface area contributed by atoms with Crippen molar-refractivity contribution in [3.63, 3.8) is 0 Å². The van der Waals surface area contributed by atoms with Crippen LogP contribution in [0.1, 0.15) is 0 Å². The molecule has 254 valence electrons. The van der Waals surface area contributed by atoms with Gasteiger partial charge in [-0.1, -0.05) is 152 Å². The van der Waals surface area contributed by atoms with Crippen molar-refractivity contribution in [2.75, 3.05) is 4.90 Å². The Morgan fingerprint density at radius 2 is 0.889 bits per heavy atom. The van der Waals surface area contributed by atoms with Crippen molar-refractivity contribution >= 4 is 49.9 Å². The molecule has 0 aliphatic rings. The summed E-state index contributed by atoms with van der Waals surface area (Å²) in [6.45, 7) is 0. The summed E-state index contributed by atoms with van der Waals surface area (Å²) in [5.41, 5.74) is 14.9. The summed E-state index contributed by atoms with van der Waals surface area (Å²) in [5, 5.41) is 3.38. The van der Waals surface area contributed by atoms with Crippen molar-refractivity contribution in [1.82, 2.24) is 4.98 Å². The van der Waals surface area contributed by atoms with Crippen LogP contribution in [0, 0.1) is 0 Å². The molecular weight excluding hydrogens is 657 g/mol. The van der Waals surface area contributed by atoms with Gasteiger partial charge in [0.15, 0.2) is 0 Å². The van der Waals surface area contributed by atoms with Gasteiger partial charge in [0.2, 0.25) is 0 Å². The highest BCUT2D eigenvalue weighted by Gasteiger charge is 2.17. The Morgan fingerprint density at radius 1 is 0.370 bits per heavy atom. The van der Waals surface area contributed by atoms with Crippen LogP contribution in [0.2, 0.25) is 0 Å². The first-order valence-electron chi connectivity index (χ1n) is 18.3. The SMILES string of the molecule is c1ccc(-c2ccc(N(c3ccc(-c4cc5ccccc5nc4-c4ccccc4)cc3)c3ccc(-c4cccc5c4oc4ccccc45)cc3)cc2)cc1. The van der Waals surface area contributed by atoms with Gasteiger partial charge in [-0.15, -0.1) is 0 Å². The number of para-hydroxylation sites is 3. The lowest BCUT2D eigenvalue weighted by atomic mass is 9.97. The van der Waals surface area contributed by atoms with Crippen LogP contribution < -0.4 is 4.90 Å². The average Bonchev–Trinajstić information content (AvgIpc) is 3.64. The molecule has 3 heteroatoms. The van der Waals surface area contributed by atoms with E-state index < -0.39 is 0 Å². The second kappa shape index (κ2) is 13.4. The lowest BCUT2D eigenvalue weighted by molar-refractivity contribution is 0.670. The Hall–Kier alpha value is -7.23. The van der Waals surface area contributed by atoms with Crippen LogP contribution in [0.25, 0.3) is 77.5 Å². The number of anilines is 3. The fourth-order valence-corrected chi connectivity index (χ4v) is 7.59. The minimum atomic E-state index is 0.903. The summed E-state index contributed by atoms with van der Waals surface area (Å²) >= 11 is 0. The zero-order valence-corrected chi connectivity index (χ0v) is 29.4. The van der Waals surface area contributed by atoms with Crippen molar-refractivity contribution in [2.24, 2.45) is 0 Å². The van der Waals surface area contributed by atoms with Gasteiger partial charge in [0, 0.05) is 49.9 Å². The molecule has 0 spiro atoms. The van der Waals surface area contributed by atoms with Crippen LogP contribution in [0.15, 0.2) is 211 Å². The van der Waals surface area contributed by atoms with Crippen LogP contribution in [0.5, 0.6) is 0 Å². The van der Waals surface area contributed by atoms with Crippen molar-refractivity contribution in [2.45, 2.75) is 0 Å². The molecule has 0 saturated heterocycles. The molecule has 0 unspecified atom stereocenters. The van der Waals surface area contributed by atoms with E-state index in [0.29, 0.717) is 0 Å². The number of hydrogen-bond donors (Lipinski definition) is 0. The molecule has 10 rings (SSSR count). The molecule has 0 aliphatic heterocycles. The van der Waals surface area contributed by atoms with E-state index in [-0.39, 0.29) is 0 Å². The molecule has 0 bridgehead atoms. The summed E-state index contributed by atoms with van der Waals surface area (Å²) in [4.78, 5) is 7.48. The molecule has 8 aromatic carbocycles. The molecule has 0 aliphatic carbocycles. The minimum absolute atomic E-state index is 0.903. The molecule has 54 heavy (non-hydrogen) atoms. The first-order valence-corrected chi connectivity index (χ1v) is 18.3. The molecule has 0 radical (unpaired) electrons. The second-order valence-corrected chi connectivity index (χ2v) is 13.6. The predicted octanol–water partition coefficient (Wildman–Crippen LogP) is 14.3. The fourth-order valence-electron chi connectivity index (χ4n) is 7.59. The lowest BCUT2D eigenvalue weighted by Gasteiger charge is -2.26. The molecule has 10 aromatic rings. The summed E-state index contributed by atoms with van der Waals surface area (Å²) in [6.07, 6.45) is 0. The van der Waals surface area contributed by atoms with Crippen molar-refractivity contribution < 1.29 is 4.42 Å². The quantitative estimate of drug-likeness (QED) is 0.167. The van der Waals surface area contributed by atoms with Crippen molar-refractivity contribution in [1.29, 1.82) is 0 Å². The second-order valence-electron chi connectivity index (χ2n) is 13.6. The van der Waals surface area contributed by atoms with E-state index >= 15 is 0 Å². The van der Waals surface area contributed by atoms with E-state index in [1.54, 1.807) is 0 Å². The van der Waals surface area contributed by atoms with Gasteiger partial charge in [0.25, 0.3) is 0 Å². The molecule has 0 saturated carbocycles. The van der Waals surface area contributed by atoms with Gasteiger partial charge in [-0.05, 0) is 76.9 Å². The van der Waals surface area contributed by atoms with Gasteiger partial charge in [-0.2, -0.15) is 0 Å². The van der Waals surface area contributed by atoms with Crippen molar-refractivity contribution in [3.8, 4) is 44.6 Å². The third-order valence-electron chi connectivity index (χ3n) is 10.3. The molecule has 0 fully saturated rings. The Morgan fingerprint density at radius 3 is 1.57 bits per heavy atom. The van der Waals surface area contributed by atoms with E-state index in [1.807, 2.05) is 24.3 Å². The van der Waals surface area contributed by atoms with E-state index in [2.05, 4.69) is 187 Å². The minimum Gasteiger partial charge on any atom is -0.455 e. The normalized spacial score (nSPS) is 11.3. The lowest BCUT2D eigenvalue weighted by Crippen LogP contribution is -2.09. The zero-order valence-electron chi connectivity index (χ0n) is 29.4. The summed E-state index contributed by atoms with van der Waals surface area (Å²) < 4.78 is 6.40. The van der Waals surface area contributed by atoms with Gasteiger partial charge in [-0.3, -0.25) is 0 Å². The molecule has 0 amide bonds. The first kappa shape index (κ1) is 31.5. The van der Waals surface area contributed by atoms with E-state index in [9.17, 15) is 0 Å². The van der Waals surface area contributed by atoms with Gasteiger partial charge < -0.3 is 9.32 Å². The van der Waals surface area contributed by atoms with E-state index in [0.717, 1.165) is 83.4 Å². The van der Waals surface area contributed by atoms with Crippen LogP contribution in [0.4, 0.5) is 17.1 Å². The van der Waals surface area contributed by atoms with E-state index in [4.69, 9.17) is 9.40 Å². The van der Waals surface area contributed by atoms with Crippen molar-refractivity contribution in [3.05, 3.63) is 206 Å². The summed E-state index contributed by atoms with van der Waals surface area (Å²) in [6, 6.07) is 72.7. The molecule has 2 heterocycles. The zero-order chi connectivity index (χ0) is 35.8. The Bertz CT molecular complexity index is 2900. The Labute approximate surface area is 314 Å². The number of fused-ring (bicyclic) bond motifs is 4. The third-order valence-corrected chi connectivity index (χ3v) is 10.3. The van der Waals surface area contributed by atoms with Gasteiger partial charge in [0.05, 0.1) is 11.2 Å².